The molecule has 2 aromatic rings. The van der Waals surface area contributed by atoms with Crippen LogP contribution in [0.3, 0.4) is 0 Å². The summed E-state index contributed by atoms with van der Waals surface area (Å²) < 4.78 is 2.42. The Morgan fingerprint density at radius 2 is 1.68 bits per heavy atom. The van der Waals surface area contributed by atoms with Crippen molar-refractivity contribution in [1.82, 2.24) is 24.0 Å². The van der Waals surface area contributed by atoms with Crippen LogP contribution >= 0.6 is 11.8 Å². The van der Waals surface area contributed by atoms with Gasteiger partial charge in [-0.3, -0.25) is 18.7 Å². The summed E-state index contributed by atoms with van der Waals surface area (Å²) in [7, 11) is 3.03. The molecular weight excluding hydrogens is 378 g/mol. The molecule has 0 unspecified atom stereocenters. The number of amides is 1. The maximum Gasteiger partial charge on any atom is 0.332 e. The highest BCUT2D eigenvalue weighted by atomic mass is 32.2. The Kier molecular flexibility index (Phi) is 5.65. The van der Waals surface area contributed by atoms with E-state index in [4.69, 9.17) is 0 Å². The average molecular weight is 406 g/mol. The predicted molar refractivity (Wildman–Crippen MR) is 110 cm³/mol. The lowest BCUT2D eigenvalue weighted by Crippen LogP contribution is -2.38. The van der Waals surface area contributed by atoms with Gasteiger partial charge in [0.15, 0.2) is 5.65 Å². The molecule has 0 saturated carbocycles. The fraction of sp³-hybridized carbons (Fsp3) is 0.632. The topological polar surface area (TPSA) is 90.1 Å². The minimum Gasteiger partial charge on any atom is -0.342 e. The summed E-state index contributed by atoms with van der Waals surface area (Å²) in [6.07, 6.45) is 3.22. The van der Waals surface area contributed by atoms with E-state index in [0.29, 0.717) is 16.5 Å². The van der Waals surface area contributed by atoms with Crippen LogP contribution in [0.5, 0.6) is 0 Å². The van der Waals surface area contributed by atoms with Crippen LogP contribution in [-0.2, 0) is 24.3 Å². The van der Waals surface area contributed by atoms with Crippen molar-refractivity contribution in [2.45, 2.75) is 50.5 Å². The third-order valence-electron chi connectivity index (χ3n) is 4.98. The number of carbonyl (C=O) groups is 1. The molecule has 1 saturated heterocycles. The van der Waals surface area contributed by atoms with Gasteiger partial charge < -0.3 is 4.90 Å². The lowest BCUT2D eigenvalue weighted by molar-refractivity contribution is -0.129. The van der Waals surface area contributed by atoms with Crippen molar-refractivity contribution in [3.63, 3.8) is 0 Å². The third kappa shape index (κ3) is 3.85. The highest BCUT2D eigenvalue weighted by molar-refractivity contribution is 8.00. The van der Waals surface area contributed by atoms with Crippen molar-refractivity contribution >= 4 is 28.7 Å². The first-order valence-electron chi connectivity index (χ1n) is 9.50. The minimum atomic E-state index is -0.438. The third-order valence-corrected chi connectivity index (χ3v) is 5.94. The Balaban J connectivity index is 2.07. The number of hydrogen-bond donors (Lipinski definition) is 0. The molecule has 0 radical (unpaired) electrons. The first-order valence-corrected chi connectivity index (χ1v) is 10.5. The van der Waals surface area contributed by atoms with Gasteiger partial charge in [0.25, 0.3) is 5.56 Å². The summed E-state index contributed by atoms with van der Waals surface area (Å²) in [5, 5.41) is 0.741. The van der Waals surface area contributed by atoms with Gasteiger partial charge in [-0.2, -0.15) is 0 Å². The van der Waals surface area contributed by atoms with Crippen LogP contribution in [-0.4, -0.2) is 48.8 Å². The predicted octanol–water partition coefficient (Wildman–Crippen LogP) is 1.43. The molecule has 152 valence electrons. The lowest BCUT2D eigenvalue weighted by Gasteiger charge is -2.26. The molecule has 0 aliphatic carbocycles. The molecule has 0 spiro atoms. The van der Waals surface area contributed by atoms with Crippen molar-refractivity contribution in [1.29, 1.82) is 0 Å². The molecule has 3 rings (SSSR count). The number of rotatable bonds is 3. The molecule has 1 aliphatic heterocycles. The standard InChI is InChI=1S/C19H27N5O3S/c1-19(2,3)17-20-14-13(16(26)23(5)18(27)22(14)4)15(21-17)28-11-12(25)24-9-7-6-8-10-24/h6-11H2,1-5H3. The van der Waals surface area contributed by atoms with Gasteiger partial charge >= 0.3 is 5.69 Å². The number of nitrogens with zero attached hydrogens (tertiary/aromatic N) is 5. The normalized spacial score (nSPS) is 15.2. The first kappa shape index (κ1) is 20.6. The van der Waals surface area contributed by atoms with E-state index in [-0.39, 0.29) is 22.5 Å². The molecule has 28 heavy (non-hydrogen) atoms. The van der Waals surface area contributed by atoms with Crippen molar-refractivity contribution in [3.8, 4) is 0 Å². The molecule has 0 atom stereocenters. The van der Waals surface area contributed by atoms with Crippen LogP contribution in [0.2, 0.25) is 0 Å². The fourth-order valence-electron chi connectivity index (χ4n) is 3.23. The highest BCUT2D eigenvalue weighted by Gasteiger charge is 2.24. The van der Waals surface area contributed by atoms with Gasteiger partial charge in [0, 0.05) is 32.6 Å². The molecule has 0 bridgehead atoms. The number of aromatic nitrogens is 4. The van der Waals surface area contributed by atoms with E-state index in [9.17, 15) is 14.4 Å². The second-order valence-electron chi connectivity index (χ2n) is 8.24. The average Bonchev–Trinajstić information content (AvgIpc) is 2.68. The molecule has 9 heteroatoms. The van der Waals surface area contributed by atoms with Gasteiger partial charge in [-0.05, 0) is 19.3 Å². The van der Waals surface area contributed by atoms with E-state index in [2.05, 4.69) is 9.97 Å². The largest absolute Gasteiger partial charge is 0.342 e. The van der Waals surface area contributed by atoms with Gasteiger partial charge in [0.05, 0.1) is 5.75 Å². The fourth-order valence-corrected chi connectivity index (χ4v) is 4.15. The zero-order chi connectivity index (χ0) is 20.6. The Morgan fingerprint density at radius 3 is 2.29 bits per heavy atom. The molecule has 1 aliphatic rings. The Morgan fingerprint density at radius 1 is 1.04 bits per heavy atom. The van der Waals surface area contributed by atoms with E-state index in [1.54, 1.807) is 7.05 Å². The zero-order valence-electron chi connectivity index (χ0n) is 17.1. The van der Waals surface area contributed by atoms with Crippen molar-refractivity contribution in [2.75, 3.05) is 18.8 Å². The number of piperidine rings is 1. The Hall–Kier alpha value is -2.16. The zero-order valence-corrected chi connectivity index (χ0v) is 17.9. The number of thioether (sulfide) groups is 1. The van der Waals surface area contributed by atoms with Gasteiger partial charge in [0.2, 0.25) is 5.91 Å². The molecule has 1 amide bonds. The first-order chi connectivity index (χ1) is 13.1. The molecular formula is C19H27N5O3S. The quantitative estimate of drug-likeness (QED) is 0.567. The van der Waals surface area contributed by atoms with Crippen LogP contribution < -0.4 is 11.2 Å². The molecule has 0 aromatic carbocycles. The highest BCUT2D eigenvalue weighted by Crippen LogP contribution is 2.27. The lowest BCUT2D eigenvalue weighted by atomic mass is 9.96. The smallest absolute Gasteiger partial charge is 0.332 e. The van der Waals surface area contributed by atoms with Crippen LogP contribution in [0.25, 0.3) is 11.0 Å². The number of aryl methyl sites for hydroxylation is 1. The van der Waals surface area contributed by atoms with E-state index < -0.39 is 11.2 Å². The monoisotopic (exact) mass is 405 g/mol. The second kappa shape index (κ2) is 7.69. The van der Waals surface area contributed by atoms with Crippen molar-refractivity contribution in [2.24, 2.45) is 14.1 Å². The van der Waals surface area contributed by atoms with Crippen molar-refractivity contribution in [3.05, 3.63) is 26.7 Å². The van der Waals surface area contributed by atoms with Crippen LogP contribution in [0.4, 0.5) is 0 Å². The van der Waals surface area contributed by atoms with Crippen LogP contribution in [0.15, 0.2) is 14.6 Å². The van der Waals surface area contributed by atoms with E-state index in [1.807, 2.05) is 25.7 Å². The number of carbonyl (C=O) groups excluding carboxylic acids is 1. The minimum absolute atomic E-state index is 0.0513. The number of fused-ring (bicyclic) bond motifs is 1. The van der Waals surface area contributed by atoms with Gasteiger partial charge in [0.1, 0.15) is 16.2 Å². The van der Waals surface area contributed by atoms with Crippen LogP contribution in [0.1, 0.15) is 45.9 Å². The summed E-state index contributed by atoms with van der Waals surface area (Å²) >= 11 is 1.25. The van der Waals surface area contributed by atoms with Crippen molar-refractivity contribution < 1.29 is 4.79 Å². The number of likely N-dealkylation sites (tertiary alicyclic amines) is 1. The summed E-state index contributed by atoms with van der Waals surface area (Å²) in [4.78, 5) is 48.7. The SMILES string of the molecule is Cn1c(=O)c2c(SCC(=O)N3CCCCC3)nc(C(C)(C)C)nc2n(C)c1=O. The molecule has 8 nitrogen and oxygen atoms in total. The molecule has 3 heterocycles. The summed E-state index contributed by atoms with van der Waals surface area (Å²) in [6.45, 7) is 7.49. The van der Waals surface area contributed by atoms with E-state index >= 15 is 0 Å². The van der Waals surface area contributed by atoms with Gasteiger partial charge in [-0.15, -0.1) is 0 Å². The molecule has 1 fully saturated rings. The number of hydrogen-bond acceptors (Lipinski definition) is 6. The Bertz CT molecular complexity index is 1030. The summed E-state index contributed by atoms with van der Waals surface area (Å²) in [5.41, 5.74) is -0.929. The van der Waals surface area contributed by atoms with E-state index in [0.717, 1.165) is 36.9 Å². The maximum absolute atomic E-state index is 12.8. The van der Waals surface area contributed by atoms with Gasteiger partial charge in [-0.25, -0.2) is 14.8 Å². The van der Waals surface area contributed by atoms with Crippen LogP contribution in [0, 0.1) is 0 Å². The van der Waals surface area contributed by atoms with Gasteiger partial charge in [-0.1, -0.05) is 32.5 Å². The Labute approximate surface area is 168 Å². The summed E-state index contributed by atoms with van der Waals surface area (Å²) in [6, 6.07) is 0. The van der Waals surface area contributed by atoms with E-state index in [1.165, 1.54) is 23.4 Å². The maximum atomic E-state index is 12.8. The second-order valence-corrected chi connectivity index (χ2v) is 9.20. The summed E-state index contributed by atoms with van der Waals surface area (Å²) in [5.74, 6) is 0.799. The molecule has 0 N–H and O–H groups in total. The molecule has 2 aromatic heterocycles.